The van der Waals surface area contributed by atoms with Crippen molar-refractivity contribution in [2.24, 2.45) is 12.1 Å². The number of halogens is 1. The van der Waals surface area contributed by atoms with Crippen molar-refractivity contribution in [1.29, 1.82) is 0 Å². The van der Waals surface area contributed by atoms with Crippen LogP contribution in [0.2, 0.25) is 0 Å². The largest absolute Gasteiger partial charge is 0.497 e. The fraction of sp³-hybridized carbons (Fsp3) is 0.258. The summed E-state index contributed by atoms with van der Waals surface area (Å²) in [4.78, 5) is 26.4. The smallest absolute Gasteiger partial charge is 0.253 e. The molecule has 3 aromatic carbocycles. The lowest BCUT2D eigenvalue weighted by Gasteiger charge is -2.24. The first-order valence-electron chi connectivity index (χ1n) is 13.6. The molecule has 228 valence electrons. The normalized spacial score (nSPS) is 14.2. The molecule has 13 heteroatoms. The van der Waals surface area contributed by atoms with Crippen LogP contribution in [0.4, 0.5) is 0 Å². The van der Waals surface area contributed by atoms with E-state index in [1.807, 2.05) is 42.5 Å². The Morgan fingerprint density at radius 3 is 2.50 bits per heavy atom. The molecule has 1 atom stereocenters. The van der Waals surface area contributed by atoms with Gasteiger partial charge in [-0.2, -0.15) is 5.10 Å². The molecule has 0 saturated heterocycles. The Labute approximate surface area is 267 Å². The van der Waals surface area contributed by atoms with E-state index in [4.69, 9.17) is 19.3 Å². The van der Waals surface area contributed by atoms with Gasteiger partial charge in [0.05, 0.1) is 45.4 Å². The summed E-state index contributed by atoms with van der Waals surface area (Å²) in [6.45, 7) is 0.165. The van der Waals surface area contributed by atoms with Crippen LogP contribution in [0.25, 0.3) is 0 Å². The van der Waals surface area contributed by atoms with Crippen molar-refractivity contribution < 1.29 is 23.8 Å². The minimum absolute atomic E-state index is 0.0715. The number of thioether (sulfide) groups is 1. The summed E-state index contributed by atoms with van der Waals surface area (Å²) >= 11 is 4.73. The molecule has 0 bridgehead atoms. The molecule has 0 fully saturated rings. The molecular formula is C31H31BrN6O5S. The fourth-order valence-electron chi connectivity index (χ4n) is 4.82. The zero-order valence-electron chi connectivity index (χ0n) is 24.6. The third kappa shape index (κ3) is 6.73. The van der Waals surface area contributed by atoms with E-state index in [2.05, 4.69) is 31.4 Å². The number of hydrogen-bond donors (Lipinski definition) is 1. The molecule has 0 aliphatic carbocycles. The maximum absolute atomic E-state index is 13.7. The van der Waals surface area contributed by atoms with E-state index in [1.54, 1.807) is 57.2 Å². The van der Waals surface area contributed by atoms with Crippen LogP contribution in [0.15, 0.2) is 81.5 Å². The third-order valence-electron chi connectivity index (χ3n) is 7.12. The Morgan fingerprint density at radius 2 is 1.77 bits per heavy atom. The van der Waals surface area contributed by atoms with E-state index >= 15 is 0 Å². The summed E-state index contributed by atoms with van der Waals surface area (Å²) in [6, 6.07) is 20.0. The summed E-state index contributed by atoms with van der Waals surface area (Å²) in [5.41, 5.74) is 2.99. The molecule has 1 N–H and O–H groups in total. The van der Waals surface area contributed by atoms with Gasteiger partial charge in [0.1, 0.15) is 5.75 Å². The van der Waals surface area contributed by atoms with Gasteiger partial charge in [0, 0.05) is 29.1 Å². The lowest BCUT2D eigenvalue weighted by atomic mass is 9.97. The number of carbonyl (C=O) groups excluding carboxylic acids is 2. The molecule has 0 radical (unpaired) electrons. The summed E-state index contributed by atoms with van der Waals surface area (Å²) in [5.74, 6) is 1.89. The second-order valence-corrected chi connectivity index (χ2v) is 11.6. The van der Waals surface area contributed by atoms with Gasteiger partial charge in [-0.05, 0) is 42.0 Å². The molecule has 4 aromatic rings. The number of para-hydroxylation sites is 1. The van der Waals surface area contributed by atoms with E-state index in [9.17, 15) is 9.59 Å². The Bertz CT molecular complexity index is 1690. The quantitative estimate of drug-likeness (QED) is 0.220. The molecule has 1 aromatic heterocycles. The minimum atomic E-state index is -0.395. The second kappa shape index (κ2) is 14.0. The molecule has 1 aliphatic heterocycles. The highest BCUT2D eigenvalue weighted by molar-refractivity contribution is 9.10. The number of hydrogen-bond acceptors (Lipinski definition) is 9. The first-order chi connectivity index (χ1) is 21.3. The molecule has 0 saturated carbocycles. The summed E-state index contributed by atoms with van der Waals surface area (Å²) in [6.07, 6.45) is 0.503. The number of amides is 2. The molecule has 5 rings (SSSR count). The number of ether oxygens (including phenoxy) is 3. The van der Waals surface area contributed by atoms with Crippen molar-refractivity contribution in [1.82, 2.24) is 25.1 Å². The number of hydrazone groups is 1. The number of carbonyl (C=O) groups is 2. The molecule has 0 unspecified atom stereocenters. The molecule has 1 aliphatic rings. The van der Waals surface area contributed by atoms with Gasteiger partial charge in [-0.15, -0.1) is 10.2 Å². The van der Waals surface area contributed by atoms with Crippen molar-refractivity contribution in [3.8, 4) is 17.2 Å². The van der Waals surface area contributed by atoms with Crippen LogP contribution in [-0.4, -0.2) is 64.4 Å². The lowest BCUT2D eigenvalue weighted by molar-refractivity contribution is -0.130. The van der Waals surface area contributed by atoms with Crippen LogP contribution in [-0.2, 0) is 18.4 Å². The lowest BCUT2D eigenvalue weighted by Crippen LogP contribution is -2.29. The van der Waals surface area contributed by atoms with Crippen molar-refractivity contribution >= 4 is 45.2 Å². The zero-order valence-corrected chi connectivity index (χ0v) is 27.0. The van der Waals surface area contributed by atoms with Gasteiger partial charge in [0.25, 0.3) is 11.8 Å². The van der Waals surface area contributed by atoms with Crippen molar-refractivity contribution in [3.63, 3.8) is 0 Å². The van der Waals surface area contributed by atoms with Crippen molar-refractivity contribution in [3.05, 3.63) is 93.7 Å². The average molecular weight is 680 g/mol. The SMILES string of the molecule is COc1cccc(C(=O)NCc2nnc(SCC(=O)N3N=C(c4ccc(Br)cc4)C[C@H]3c3cccc(OC)c3OC)n2C)c1. The van der Waals surface area contributed by atoms with Gasteiger partial charge in [-0.25, -0.2) is 5.01 Å². The number of methoxy groups -OCH3 is 3. The maximum atomic E-state index is 13.7. The molecule has 44 heavy (non-hydrogen) atoms. The standard InChI is InChI=1S/C31H31BrN6O5S/c1-37-27(17-33-30(40)20-7-5-8-22(15-20)41-2)34-35-31(37)44-18-28(39)38-25(23-9-6-10-26(42-3)29(23)43-4)16-24(36-38)19-11-13-21(32)14-12-19/h5-15,25H,16-18H2,1-4H3,(H,33,40)/t25-/m0/s1. The Hall–Kier alpha value is -4.36. The van der Waals surface area contributed by atoms with Crippen LogP contribution in [0.5, 0.6) is 17.2 Å². The van der Waals surface area contributed by atoms with Gasteiger partial charge in [-0.3, -0.25) is 9.59 Å². The molecule has 2 heterocycles. The van der Waals surface area contributed by atoms with Gasteiger partial charge < -0.3 is 24.1 Å². The van der Waals surface area contributed by atoms with Crippen LogP contribution in [0.3, 0.4) is 0 Å². The van der Waals surface area contributed by atoms with Crippen molar-refractivity contribution in [2.75, 3.05) is 27.1 Å². The Morgan fingerprint density at radius 1 is 1.00 bits per heavy atom. The van der Waals surface area contributed by atoms with Gasteiger partial charge in [0.15, 0.2) is 22.5 Å². The molecule has 11 nitrogen and oxygen atoms in total. The van der Waals surface area contributed by atoms with Crippen LogP contribution in [0, 0.1) is 0 Å². The third-order valence-corrected chi connectivity index (χ3v) is 8.66. The van der Waals surface area contributed by atoms with E-state index in [1.165, 1.54) is 16.8 Å². The van der Waals surface area contributed by atoms with E-state index in [0.717, 1.165) is 21.3 Å². The number of benzene rings is 3. The summed E-state index contributed by atoms with van der Waals surface area (Å²) in [5, 5.41) is 18.2. The second-order valence-electron chi connectivity index (χ2n) is 9.76. The first kappa shape index (κ1) is 31.1. The number of nitrogens with zero attached hydrogens (tertiary/aromatic N) is 5. The molecular weight excluding hydrogens is 648 g/mol. The minimum Gasteiger partial charge on any atom is -0.497 e. The zero-order chi connectivity index (χ0) is 31.2. The Balaban J connectivity index is 1.31. The number of rotatable bonds is 11. The fourth-order valence-corrected chi connectivity index (χ4v) is 5.86. The van der Waals surface area contributed by atoms with Gasteiger partial charge >= 0.3 is 0 Å². The van der Waals surface area contributed by atoms with Crippen LogP contribution >= 0.6 is 27.7 Å². The summed E-state index contributed by atoms with van der Waals surface area (Å²) < 4.78 is 19.1. The highest BCUT2D eigenvalue weighted by Gasteiger charge is 2.35. The first-order valence-corrected chi connectivity index (χ1v) is 15.4. The Kier molecular flexibility index (Phi) is 9.85. The number of aromatic nitrogens is 3. The van der Waals surface area contributed by atoms with Crippen LogP contribution < -0.4 is 19.5 Å². The van der Waals surface area contributed by atoms with Gasteiger partial charge in [-0.1, -0.05) is 58.0 Å². The van der Waals surface area contributed by atoms with Crippen molar-refractivity contribution in [2.45, 2.75) is 24.2 Å². The highest BCUT2D eigenvalue weighted by atomic mass is 79.9. The predicted molar refractivity (Wildman–Crippen MR) is 170 cm³/mol. The van der Waals surface area contributed by atoms with E-state index < -0.39 is 6.04 Å². The topological polar surface area (TPSA) is 120 Å². The summed E-state index contributed by atoms with van der Waals surface area (Å²) in [7, 11) is 6.51. The maximum Gasteiger partial charge on any atom is 0.253 e. The highest BCUT2D eigenvalue weighted by Crippen LogP contribution is 2.42. The molecule has 0 spiro atoms. The van der Waals surface area contributed by atoms with Crippen LogP contribution in [0.1, 0.15) is 39.8 Å². The predicted octanol–water partition coefficient (Wildman–Crippen LogP) is 5.00. The average Bonchev–Trinajstić information content (AvgIpc) is 3.66. The van der Waals surface area contributed by atoms with E-state index in [-0.39, 0.29) is 24.1 Å². The van der Waals surface area contributed by atoms with Gasteiger partial charge in [0.2, 0.25) is 0 Å². The monoisotopic (exact) mass is 678 g/mol. The molecule has 2 amide bonds. The number of nitrogens with one attached hydrogen (secondary N) is 1. The van der Waals surface area contributed by atoms with E-state index in [0.29, 0.717) is 40.2 Å².